The molecule has 0 radical (unpaired) electrons. The summed E-state index contributed by atoms with van der Waals surface area (Å²) in [7, 11) is 0. The lowest BCUT2D eigenvalue weighted by Gasteiger charge is -2.02. The van der Waals surface area contributed by atoms with Crippen LogP contribution in [-0.4, -0.2) is 30.0 Å². The Morgan fingerprint density at radius 2 is 0.509 bits per heavy atom. The Bertz CT molecular complexity index is 1100. The molecule has 6 N–H and O–H groups in total. The molecule has 6 nitrogen and oxygen atoms in total. The molecule has 0 saturated carbocycles. The van der Waals surface area contributed by atoms with Crippen LogP contribution in [0.5, 0.6) is 17.2 Å². The minimum atomic E-state index is -3.81. The van der Waals surface area contributed by atoms with Gasteiger partial charge in [-0.2, -0.15) is 0 Å². The van der Waals surface area contributed by atoms with E-state index in [0.717, 1.165) is 19.3 Å². The van der Waals surface area contributed by atoms with E-state index in [0.29, 0.717) is 17.2 Å². The highest BCUT2D eigenvalue weighted by Crippen LogP contribution is 2.26. The summed E-state index contributed by atoms with van der Waals surface area (Å²) in [5, 5.41) is 27.4. The quantitative estimate of drug-likeness (QED) is 0.0396. The van der Waals surface area contributed by atoms with Gasteiger partial charge in [0.1, 0.15) is 17.2 Å². The SMILES string of the molecule is CCCCCCCCCc1ccc(O)cc1.CCCCCCCCCc1ccc(O)cc1.CCCCCCCCCc1ccc(O)cc1.OP(O)(O)=S. The van der Waals surface area contributed by atoms with Crippen molar-refractivity contribution >= 4 is 18.5 Å². The lowest BCUT2D eigenvalue weighted by atomic mass is 10.0. The largest absolute Gasteiger partial charge is 0.508 e. The average molecular weight is 775 g/mol. The van der Waals surface area contributed by atoms with Gasteiger partial charge < -0.3 is 30.0 Å². The van der Waals surface area contributed by atoms with Crippen LogP contribution in [0.15, 0.2) is 72.8 Å². The second-order valence-corrected chi connectivity index (χ2v) is 16.6. The van der Waals surface area contributed by atoms with E-state index in [-0.39, 0.29) is 0 Å². The highest BCUT2D eigenvalue weighted by molar-refractivity contribution is 8.06. The van der Waals surface area contributed by atoms with Gasteiger partial charge in [0.15, 0.2) is 0 Å². The van der Waals surface area contributed by atoms with Crippen LogP contribution < -0.4 is 0 Å². The molecule has 0 saturated heterocycles. The number of phenols is 3. The van der Waals surface area contributed by atoms with Gasteiger partial charge in [-0.1, -0.05) is 173 Å². The van der Waals surface area contributed by atoms with Gasteiger partial charge in [-0.15, -0.1) is 0 Å². The summed E-state index contributed by atoms with van der Waals surface area (Å²) in [4.78, 5) is 22.7. The zero-order valence-electron chi connectivity index (χ0n) is 33.4. The van der Waals surface area contributed by atoms with E-state index in [4.69, 9.17) is 30.0 Å². The van der Waals surface area contributed by atoms with Crippen LogP contribution in [0.2, 0.25) is 0 Å². The van der Waals surface area contributed by atoms with Crippen molar-refractivity contribution in [3.05, 3.63) is 89.5 Å². The van der Waals surface area contributed by atoms with Crippen LogP contribution >= 0.6 is 6.72 Å². The summed E-state index contributed by atoms with van der Waals surface area (Å²) in [6.07, 6.45) is 31.9. The van der Waals surface area contributed by atoms with Gasteiger partial charge in [0, 0.05) is 0 Å². The molecule has 0 heterocycles. The molecule has 0 amide bonds. The van der Waals surface area contributed by atoms with Crippen molar-refractivity contribution in [2.45, 2.75) is 175 Å². The number of aryl methyl sites for hydroxylation is 3. The van der Waals surface area contributed by atoms with Crippen molar-refractivity contribution in [1.82, 2.24) is 0 Å². The first-order valence-electron chi connectivity index (χ1n) is 20.6. The zero-order chi connectivity index (χ0) is 39.4. The molecule has 0 aliphatic heterocycles. The van der Waals surface area contributed by atoms with E-state index in [1.54, 1.807) is 36.4 Å². The summed E-state index contributed by atoms with van der Waals surface area (Å²) in [5.74, 6) is 1.09. The molecule has 0 aliphatic rings. The molecule has 0 aromatic heterocycles. The second-order valence-electron chi connectivity index (χ2n) is 14.1. The van der Waals surface area contributed by atoms with E-state index < -0.39 is 6.72 Å². The van der Waals surface area contributed by atoms with Crippen LogP contribution in [0.25, 0.3) is 0 Å². The minimum absolute atomic E-state index is 0.364. The number of phenolic OH excluding ortho intramolecular Hbond substituents is 3. The Morgan fingerprint density at radius 3 is 0.698 bits per heavy atom. The maximum atomic E-state index is 9.15. The highest BCUT2D eigenvalue weighted by Gasteiger charge is 1.97. The van der Waals surface area contributed by atoms with E-state index in [1.165, 1.54) is 152 Å². The van der Waals surface area contributed by atoms with Gasteiger partial charge in [-0.25, -0.2) is 0 Å². The summed E-state index contributed by atoms with van der Waals surface area (Å²) in [5.41, 5.74) is 4.02. The number of benzene rings is 3. The van der Waals surface area contributed by atoms with E-state index in [1.807, 2.05) is 36.4 Å². The maximum Gasteiger partial charge on any atom is 0.319 e. The van der Waals surface area contributed by atoms with Crippen LogP contribution in [-0.2, 0) is 31.1 Å². The lowest BCUT2D eigenvalue weighted by molar-refractivity contribution is 0.363. The van der Waals surface area contributed by atoms with Crippen LogP contribution in [0.4, 0.5) is 0 Å². The minimum Gasteiger partial charge on any atom is -0.508 e. The fourth-order valence-corrected chi connectivity index (χ4v) is 5.85. The predicted molar refractivity (Wildman–Crippen MR) is 230 cm³/mol. The van der Waals surface area contributed by atoms with Gasteiger partial charge in [-0.3, -0.25) is 0 Å². The zero-order valence-corrected chi connectivity index (χ0v) is 35.1. The molecule has 53 heavy (non-hydrogen) atoms. The Hall–Kier alpha value is -2.41. The monoisotopic (exact) mass is 775 g/mol. The second kappa shape index (κ2) is 35.3. The fourth-order valence-electron chi connectivity index (χ4n) is 5.85. The fraction of sp³-hybridized carbons (Fsp3) is 0.600. The Morgan fingerprint density at radius 1 is 0.340 bits per heavy atom. The van der Waals surface area contributed by atoms with Gasteiger partial charge in [0.25, 0.3) is 0 Å². The smallest absolute Gasteiger partial charge is 0.319 e. The standard InChI is InChI=1S/3C15H24O.H3O3PS/c3*1-2-3-4-5-6-7-8-9-14-10-12-15(16)13-11-14;1-4(2,3)5/h3*10-13,16H,2-9H2,1H3;(H3,1,2,3,5). The molecule has 3 rings (SSSR count). The number of rotatable bonds is 24. The molecule has 8 heteroatoms. The van der Waals surface area contributed by atoms with E-state index >= 15 is 0 Å². The first-order chi connectivity index (χ1) is 25.5. The number of unbranched alkanes of at least 4 members (excludes halogenated alkanes) is 18. The van der Waals surface area contributed by atoms with Crippen molar-refractivity contribution in [2.24, 2.45) is 0 Å². The first-order valence-corrected chi connectivity index (χ1v) is 23.3. The molecular formula is C45H75O6PS. The molecule has 302 valence electrons. The van der Waals surface area contributed by atoms with E-state index in [9.17, 15) is 0 Å². The molecule has 3 aromatic rings. The molecule has 0 aliphatic carbocycles. The summed E-state index contributed by atoms with van der Waals surface area (Å²) < 4.78 is 0. The first kappa shape index (κ1) is 50.6. The third-order valence-electron chi connectivity index (χ3n) is 9.02. The summed E-state index contributed by atoms with van der Waals surface area (Å²) in [6, 6.07) is 22.8. The normalized spacial score (nSPS) is 10.7. The molecular weight excluding hydrogens is 700 g/mol. The predicted octanol–water partition coefficient (Wildman–Crippen LogP) is 13.2. The molecule has 0 bridgehead atoms. The van der Waals surface area contributed by atoms with Gasteiger partial charge in [0.2, 0.25) is 0 Å². The van der Waals surface area contributed by atoms with Crippen molar-refractivity contribution in [1.29, 1.82) is 0 Å². The van der Waals surface area contributed by atoms with Crippen molar-refractivity contribution in [3.8, 4) is 17.2 Å². The molecule has 0 fully saturated rings. The van der Waals surface area contributed by atoms with Crippen LogP contribution in [0.3, 0.4) is 0 Å². The lowest BCUT2D eigenvalue weighted by Crippen LogP contribution is -1.85. The van der Waals surface area contributed by atoms with Crippen molar-refractivity contribution in [2.75, 3.05) is 0 Å². The van der Waals surface area contributed by atoms with Gasteiger partial charge in [0.05, 0.1) is 0 Å². The summed E-state index contributed by atoms with van der Waals surface area (Å²) >= 11 is 3.60. The van der Waals surface area contributed by atoms with Crippen molar-refractivity contribution in [3.63, 3.8) is 0 Å². The van der Waals surface area contributed by atoms with Gasteiger partial charge >= 0.3 is 6.72 Å². The Labute approximate surface area is 329 Å². The average Bonchev–Trinajstić information content (AvgIpc) is 3.13. The third-order valence-corrected chi connectivity index (χ3v) is 9.02. The molecule has 0 unspecified atom stereocenters. The Balaban J connectivity index is 0.000000718. The number of hydrogen-bond acceptors (Lipinski definition) is 4. The number of aromatic hydroxyl groups is 3. The van der Waals surface area contributed by atoms with Crippen LogP contribution in [0.1, 0.15) is 172 Å². The highest BCUT2D eigenvalue weighted by atomic mass is 32.5. The van der Waals surface area contributed by atoms with Crippen LogP contribution in [0, 0.1) is 0 Å². The number of hydrogen-bond donors (Lipinski definition) is 6. The molecule has 0 atom stereocenters. The molecule has 0 spiro atoms. The Kier molecular flexibility index (Phi) is 33.7. The van der Waals surface area contributed by atoms with E-state index in [2.05, 4.69) is 32.6 Å². The maximum absolute atomic E-state index is 9.15. The molecule has 3 aromatic carbocycles. The van der Waals surface area contributed by atoms with Crippen molar-refractivity contribution < 1.29 is 30.0 Å². The van der Waals surface area contributed by atoms with Gasteiger partial charge in [-0.05, 0) is 103 Å². The summed E-state index contributed by atoms with van der Waals surface area (Å²) in [6.45, 7) is 2.96. The topological polar surface area (TPSA) is 121 Å². The third kappa shape index (κ3) is 37.7.